The third kappa shape index (κ3) is 7.41. The molecule has 11 heteroatoms. The smallest absolute Gasteiger partial charge is 0.416 e. The Hall–Kier alpha value is -3.31. The van der Waals surface area contributed by atoms with Crippen LogP contribution in [-0.2, 0) is 19.5 Å². The molecule has 6 rings (SSSR count). The Bertz CT molecular complexity index is 1520. The van der Waals surface area contributed by atoms with E-state index in [2.05, 4.69) is 5.32 Å². The summed E-state index contributed by atoms with van der Waals surface area (Å²) in [5.41, 5.74) is 3.51. The van der Waals surface area contributed by atoms with E-state index in [1.54, 1.807) is 9.80 Å². The van der Waals surface area contributed by atoms with E-state index in [9.17, 15) is 18.0 Å². The van der Waals surface area contributed by atoms with Crippen LogP contribution in [0.3, 0.4) is 0 Å². The Morgan fingerprint density at radius 2 is 1.45 bits per heavy atom. The normalized spacial score (nSPS) is 24.7. The van der Waals surface area contributed by atoms with Crippen molar-refractivity contribution in [1.82, 2.24) is 5.32 Å². The van der Waals surface area contributed by atoms with Crippen molar-refractivity contribution in [3.63, 3.8) is 0 Å². The van der Waals surface area contributed by atoms with Crippen LogP contribution in [0.4, 0.5) is 26.7 Å². The van der Waals surface area contributed by atoms with Crippen LogP contribution < -0.4 is 19.4 Å². The largest absolute Gasteiger partial charge is 0.452 e. The average molecular weight is 667 g/mol. The van der Waals surface area contributed by atoms with Crippen molar-refractivity contribution < 1.29 is 27.5 Å². The summed E-state index contributed by atoms with van der Waals surface area (Å²) in [6, 6.07) is 12.7. The van der Waals surface area contributed by atoms with Gasteiger partial charge in [-0.15, -0.1) is 0 Å². The number of nitrogens with zero attached hydrogens (tertiary/aromatic N) is 3. The maximum Gasteiger partial charge on any atom is 0.416 e. The van der Waals surface area contributed by atoms with Gasteiger partial charge in [-0.3, -0.25) is 19.4 Å². The molecule has 3 aliphatic heterocycles. The summed E-state index contributed by atoms with van der Waals surface area (Å²) in [6.45, 7) is 2.64. The van der Waals surface area contributed by atoms with E-state index < -0.39 is 22.2 Å². The minimum atomic E-state index is -3.28. The number of rotatable bonds is 3. The quantitative estimate of drug-likeness (QED) is 0.360. The number of ether oxygens (including phenoxy) is 2. The highest BCUT2D eigenvalue weighted by atomic mass is 32.2. The predicted molar refractivity (Wildman–Crippen MR) is 185 cm³/mol. The van der Waals surface area contributed by atoms with Gasteiger partial charge in [-0.05, 0) is 80.8 Å². The standard InChI is InChI=1S/C36H50N4O6S/c1-27-26-38(34(41)46-33-13-11-22-36(37-33)20-9-7-5-3-4-6-8-10-21-36)32-25-29(16-19-31(32)40(27)35(42)45-2)28-14-17-30(18-15-28)39-23-12-24-47(39,43)44/h14-19,25,27,33,37H,3-13,20-24,26H2,1-2H3/t27-,33?/m0/s1. The van der Waals surface area contributed by atoms with E-state index in [1.807, 2.05) is 49.4 Å². The summed E-state index contributed by atoms with van der Waals surface area (Å²) in [5.74, 6) is 0.165. The Balaban J connectivity index is 1.24. The number of benzene rings is 2. The molecule has 0 aromatic heterocycles. The highest BCUT2D eigenvalue weighted by molar-refractivity contribution is 7.93. The number of nitrogens with one attached hydrogen (secondary N) is 1. The molecule has 47 heavy (non-hydrogen) atoms. The highest BCUT2D eigenvalue weighted by Crippen LogP contribution is 2.41. The molecule has 0 radical (unpaired) electrons. The number of piperidine rings is 1. The van der Waals surface area contributed by atoms with E-state index >= 15 is 0 Å². The molecule has 2 aromatic carbocycles. The zero-order chi connectivity index (χ0) is 33.0. The summed E-state index contributed by atoms with van der Waals surface area (Å²) in [5, 5.41) is 3.82. The summed E-state index contributed by atoms with van der Waals surface area (Å²) < 4.78 is 37.7. The second-order valence-corrected chi connectivity index (χ2v) is 15.8. The number of hydrogen-bond donors (Lipinski definition) is 1. The van der Waals surface area contributed by atoms with Crippen LogP contribution >= 0.6 is 0 Å². The maximum atomic E-state index is 14.0. The third-order valence-electron chi connectivity index (χ3n) is 10.5. The second kappa shape index (κ2) is 14.4. The minimum absolute atomic E-state index is 0.00997. The molecule has 2 saturated heterocycles. The molecule has 1 N–H and O–H groups in total. The van der Waals surface area contributed by atoms with Crippen LogP contribution in [-0.4, -0.2) is 64.4 Å². The molecule has 1 aliphatic carbocycles. The number of fused-ring (bicyclic) bond motifs is 1. The lowest BCUT2D eigenvalue weighted by Crippen LogP contribution is -2.57. The molecule has 2 atom stereocenters. The molecule has 4 aliphatic rings. The zero-order valence-corrected chi connectivity index (χ0v) is 28.7. The van der Waals surface area contributed by atoms with Gasteiger partial charge < -0.3 is 9.47 Å². The average Bonchev–Trinajstić information content (AvgIpc) is 3.41. The molecule has 1 unspecified atom stereocenters. The van der Waals surface area contributed by atoms with Crippen LogP contribution in [0.15, 0.2) is 42.5 Å². The summed E-state index contributed by atoms with van der Waals surface area (Å²) in [7, 11) is -1.92. The number of carbonyl (C=O) groups excluding carboxylic acids is 2. The van der Waals surface area contributed by atoms with E-state index in [-0.39, 0.29) is 30.1 Å². The van der Waals surface area contributed by atoms with Gasteiger partial charge >= 0.3 is 12.2 Å². The fourth-order valence-corrected chi connectivity index (χ4v) is 9.56. The minimum Gasteiger partial charge on any atom is -0.452 e. The lowest BCUT2D eigenvalue weighted by Gasteiger charge is -2.44. The Kier molecular flexibility index (Phi) is 10.3. The highest BCUT2D eigenvalue weighted by Gasteiger charge is 2.40. The van der Waals surface area contributed by atoms with E-state index in [4.69, 9.17) is 9.47 Å². The van der Waals surface area contributed by atoms with E-state index in [0.29, 0.717) is 30.0 Å². The van der Waals surface area contributed by atoms with Gasteiger partial charge in [0.1, 0.15) is 0 Å². The molecule has 3 fully saturated rings. The van der Waals surface area contributed by atoms with Crippen LogP contribution in [0.5, 0.6) is 0 Å². The molecule has 3 heterocycles. The molecule has 1 saturated carbocycles. The fourth-order valence-electron chi connectivity index (χ4n) is 8.00. The molecule has 10 nitrogen and oxygen atoms in total. The first-order chi connectivity index (χ1) is 22.7. The summed E-state index contributed by atoms with van der Waals surface area (Å²) in [6.07, 6.45) is 14.7. The maximum absolute atomic E-state index is 14.0. The molecular weight excluding hydrogens is 616 g/mol. The summed E-state index contributed by atoms with van der Waals surface area (Å²) >= 11 is 0. The first-order valence-corrected chi connectivity index (χ1v) is 19.2. The van der Waals surface area contributed by atoms with Gasteiger partial charge in [0.2, 0.25) is 10.0 Å². The van der Waals surface area contributed by atoms with Gasteiger partial charge in [-0.25, -0.2) is 18.0 Å². The van der Waals surface area contributed by atoms with E-state index in [1.165, 1.54) is 62.8 Å². The zero-order valence-electron chi connectivity index (χ0n) is 27.9. The van der Waals surface area contributed by atoms with Crippen molar-refractivity contribution in [3.05, 3.63) is 42.5 Å². The van der Waals surface area contributed by atoms with Crippen molar-refractivity contribution >= 4 is 39.3 Å². The number of sulfonamides is 1. The van der Waals surface area contributed by atoms with Gasteiger partial charge in [0.25, 0.3) is 0 Å². The van der Waals surface area contributed by atoms with Crippen molar-refractivity contribution in [2.45, 2.75) is 115 Å². The Morgan fingerprint density at radius 3 is 2.09 bits per heavy atom. The lowest BCUT2D eigenvalue weighted by atomic mass is 9.79. The third-order valence-corrected chi connectivity index (χ3v) is 12.4. The SMILES string of the molecule is COC(=O)N1c2ccc(-c3ccc(N4CCCS4(=O)=O)cc3)cc2N(C(=O)OC2CCCC3(CCCCCCCCCC3)N2)C[C@@H]1C. The molecular formula is C36H50N4O6S. The Labute approximate surface area is 279 Å². The molecule has 2 amide bonds. The number of hydrogen-bond acceptors (Lipinski definition) is 7. The second-order valence-electron chi connectivity index (χ2n) is 13.8. The number of methoxy groups -OCH3 is 1. The van der Waals surface area contributed by atoms with Crippen molar-refractivity contribution in [1.29, 1.82) is 0 Å². The van der Waals surface area contributed by atoms with Gasteiger partial charge in [0, 0.05) is 12.1 Å². The molecule has 1 spiro atoms. The topological polar surface area (TPSA) is 108 Å². The predicted octanol–water partition coefficient (Wildman–Crippen LogP) is 7.56. The first kappa shape index (κ1) is 33.6. The van der Waals surface area contributed by atoms with Crippen LogP contribution in [0, 0.1) is 0 Å². The Morgan fingerprint density at radius 1 is 0.809 bits per heavy atom. The van der Waals surface area contributed by atoms with Gasteiger partial charge in [0.15, 0.2) is 6.23 Å². The molecule has 2 aromatic rings. The van der Waals surface area contributed by atoms with Crippen LogP contribution in [0.25, 0.3) is 11.1 Å². The molecule has 256 valence electrons. The van der Waals surface area contributed by atoms with E-state index in [0.717, 1.165) is 43.2 Å². The number of anilines is 3. The van der Waals surface area contributed by atoms with Gasteiger partial charge in [-0.1, -0.05) is 69.6 Å². The number of carbonyl (C=O) groups is 2. The van der Waals surface area contributed by atoms with Crippen molar-refractivity contribution in [2.75, 3.05) is 40.1 Å². The van der Waals surface area contributed by atoms with Crippen molar-refractivity contribution in [2.24, 2.45) is 0 Å². The van der Waals surface area contributed by atoms with Crippen LogP contribution in [0.1, 0.15) is 96.8 Å². The number of amides is 2. The lowest BCUT2D eigenvalue weighted by molar-refractivity contribution is 0.0185. The fraction of sp³-hybridized carbons (Fsp3) is 0.611. The van der Waals surface area contributed by atoms with Gasteiger partial charge in [-0.2, -0.15) is 0 Å². The first-order valence-electron chi connectivity index (χ1n) is 17.6. The molecule has 0 bridgehead atoms. The van der Waals surface area contributed by atoms with Crippen LogP contribution in [0.2, 0.25) is 0 Å². The monoisotopic (exact) mass is 666 g/mol. The summed E-state index contributed by atoms with van der Waals surface area (Å²) in [4.78, 5) is 30.2. The van der Waals surface area contributed by atoms with Crippen molar-refractivity contribution in [3.8, 4) is 11.1 Å². The van der Waals surface area contributed by atoms with Gasteiger partial charge in [0.05, 0.1) is 42.5 Å².